The third kappa shape index (κ3) is 3.11. The molecule has 0 radical (unpaired) electrons. The molecule has 1 amide bonds. The first-order chi connectivity index (χ1) is 13.5. The SMILES string of the molecule is COC(=O)c1ccc([C@H]2CC(=O)Nc3c2c(C)nn3-c2ccc(Cl)nn2)cc1. The molecule has 1 atom stereocenters. The Labute approximate surface area is 165 Å². The van der Waals surface area contributed by atoms with Crippen LogP contribution in [0.3, 0.4) is 0 Å². The number of benzene rings is 1. The molecule has 8 nitrogen and oxygen atoms in total. The first-order valence-electron chi connectivity index (χ1n) is 8.55. The van der Waals surface area contributed by atoms with Gasteiger partial charge in [-0.25, -0.2) is 4.79 Å². The fourth-order valence-corrected chi connectivity index (χ4v) is 3.49. The van der Waals surface area contributed by atoms with Crippen LogP contribution in [0.5, 0.6) is 0 Å². The van der Waals surface area contributed by atoms with E-state index in [4.69, 9.17) is 16.3 Å². The Bertz CT molecular complexity index is 1060. The topological polar surface area (TPSA) is 99.0 Å². The van der Waals surface area contributed by atoms with Crippen molar-refractivity contribution in [1.82, 2.24) is 20.0 Å². The number of methoxy groups -OCH3 is 1. The zero-order valence-corrected chi connectivity index (χ0v) is 15.9. The van der Waals surface area contributed by atoms with Crippen molar-refractivity contribution in [1.29, 1.82) is 0 Å². The van der Waals surface area contributed by atoms with Crippen molar-refractivity contribution < 1.29 is 14.3 Å². The van der Waals surface area contributed by atoms with Crippen molar-refractivity contribution >= 4 is 29.3 Å². The summed E-state index contributed by atoms with van der Waals surface area (Å²) in [4.78, 5) is 24.1. The Kier molecular flexibility index (Phi) is 4.56. The van der Waals surface area contributed by atoms with E-state index in [-0.39, 0.29) is 23.4 Å². The molecule has 0 saturated heterocycles. The van der Waals surface area contributed by atoms with E-state index in [0.717, 1.165) is 16.8 Å². The molecule has 0 saturated carbocycles. The van der Waals surface area contributed by atoms with Gasteiger partial charge in [0.2, 0.25) is 5.91 Å². The number of halogens is 1. The van der Waals surface area contributed by atoms with Crippen molar-refractivity contribution in [3.63, 3.8) is 0 Å². The molecular formula is C19H16ClN5O3. The van der Waals surface area contributed by atoms with Gasteiger partial charge in [0, 0.05) is 17.9 Å². The summed E-state index contributed by atoms with van der Waals surface area (Å²) in [7, 11) is 1.34. The van der Waals surface area contributed by atoms with E-state index >= 15 is 0 Å². The van der Waals surface area contributed by atoms with Gasteiger partial charge < -0.3 is 10.1 Å². The number of aromatic nitrogens is 4. The molecule has 1 aromatic carbocycles. The third-order valence-electron chi connectivity index (χ3n) is 4.67. The fraction of sp³-hybridized carbons (Fsp3) is 0.211. The number of hydrogen-bond donors (Lipinski definition) is 1. The van der Waals surface area contributed by atoms with Crippen LogP contribution in [0.15, 0.2) is 36.4 Å². The third-order valence-corrected chi connectivity index (χ3v) is 4.87. The van der Waals surface area contributed by atoms with E-state index in [2.05, 4.69) is 20.6 Å². The quantitative estimate of drug-likeness (QED) is 0.682. The molecule has 0 aliphatic carbocycles. The second-order valence-electron chi connectivity index (χ2n) is 6.39. The van der Waals surface area contributed by atoms with Crippen LogP contribution in [-0.4, -0.2) is 39.0 Å². The fourth-order valence-electron chi connectivity index (χ4n) is 3.39. The van der Waals surface area contributed by atoms with Gasteiger partial charge in [-0.05, 0) is 36.8 Å². The smallest absolute Gasteiger partial charge is 0.337 e. The van der Waals surface area contributed by atoms with Crippen molar-refractivity contribution in [3.05, 3.63) is 63.9 Å². The summed E-state index contributed by atoms with van der Waals surface area (Å²) in [6, 6.07) is 10.3. The van der Waals surface area contributed by atoms with Gasteiger partial charge in [0.05, 0.1) is 18.4 Å². The molecule has 4 rings (SSSR count). The molecule has 3 heterocycles. The number of fused-ring (bicyclic) bond motifs is 1. The highest BCUT2D eigenvalue weighted by Gasteiger charge is 2.33. The average Bonchev–Trinajstić information content (AvgIpc) is 3.03. The van der Waals surface area contributed by atoms with Crippen molar-refractivity contribution in [2.75, 3.05) is 12.4 Å². The van der Waals surface area contributed by atoms with Gasteiger partial charge in [-0.3, -0.25) is 4.79 Å². The second-order valence-corrected chi connectivity index (χ2v) is 6.78. The summed E-state index contributed by atoms with van der Waals surface area (Å²) >= 11 is 5.81. The van der Waals surface area contributed by atoms with E-state index in [1.54, 1.807) is 28.9 Å². The van der Waals surface area contributed by atoms with E-state index in [1.807, 2.05) is 19.1 Å². The number of nitrogens with zero attached hydrogens (tertiary/aromatic N) is 4. The van der Waals surface area contributed by atoms with Crippen molar-refractivity contribution in [2.45, 2.75) is 19.3 Å². The number of ether oxygens (including phenoxy) is 1. The molecule has 0 unspecified atom stereocenters. The van der Waals surface area contributed by atoms with Crippen molar-refractivity contribution in [3.8, 4) is 5.82 Å². The number of hydrogen-bond acceptors (Lipinski definition) is 6. The molecule has 28 heavy (non-hydrogen) atoms. The number of carbonyl (C=O) groups is 2. The first-order valence-corrected chi connectivity index (χ1v) is 8.93. The molecular weight excluding hydrogens is 382 g/mol. The number of rotatable bonds is 3. The number of esters is 1. The Hall–Kier alpha value is -3.26. The Morgan fingerprint density at radius 2 is 1.96 bits per heavy atom. The lowest BCUT2D eigenvalue weighted by Crippen LogP contribution is -2.25. The van der Waals surface area contributed by atoms with E-state index in [1.165, 1.54) is 7.11 Å². The minimum absolute atomic E-state index is 0.127. The number of carbonyl (C=O) groups excluding carboxylic acids is 2. The zero-order valence-electron chi connectivity index (χ0n) is 15.1. The Balaban J connectivity index is 1.78. The van der Waals surface area contributed by atoms with Crippen LogP contribution in [-0.2, 0) is 9.53 Å². The highest BCUT2D eigenvalue weighted by atomic mass is 35.5. The predicted molar refractivity (Wildman–Crippen MR) is 102 cm³/mol. The molecule has 0 fully saturated rings. The lowest BCUT2D eigenvalue weighted by Gasteiger charge is -2.24. The number of aryl methyl sites for hydroxylation is 1. The van der Waals surface area contributed by atoms with Gasteiger partial charge in [0.1, 0.15) is 5.82 Å². The average molecular weight is 398 g/mol. The molecule has 1 aliphatic rings. The lowest BCUT2D eigenvalue weighted by atomic mass is 9.85. The second kappa shape index (κ2) is 7.05. The van der Waals surface area contributed by atoms with Crippen LogP contribution in [0.1, 0.15) is 39.5 Å². The maximum Gasteiger partial charge on any atom is 0.337 e. The number of nitrogens with one attached hydrogen (secondary N) is 1. The summed E-state index contributed by atoms with van der Waals surface area (Å²) in [6.07, 6.45) is 0.281. The maximum atomic E-state index is 12.4. The number of anilines is 1. The van der Waals surface area contributed by atoms with Crippen LogP contribution in [0, 0.1) is 6.92 Å². The molecule has 1 aliphatic heterocycles. The summed E-state index contributed by atoms with van der Waals surface area (Å²) in [5.74, 6) is 0.296. The molecule has 1 N–H and O–H groups in total. The minimum Gasteiger partial charge on any atom is -0.465 e. The van der Waals surface area contributed by atoms with Crippen LogP contribution in [0.4, 0.5) is 5.82 Å². The number of amides is 1. The molecule has 2 aromatic heterocycles. The largest absolute Gasteiger partial charge is 0.465 e. The van der Waals surface area contributed by atoms with Gasteiger partial charge in [-0.1, -0.05) is 23.7 Å². The zero-order chi connectivity index (χ0) is 19.8. The predicted octanol–water partition coefficient (Wildman–Crippen LogP) is 2.88. The summed E-state index contributed by atoms with van der Waals surface area (Å²) in [5.41, 5.74) is 3.04. The molecule has 142 valence electrons. The van der Waals surface area contributed by atoms with E-state index < -0.39 is 5.97 Å². The van der Waals surface area contributed by atoms with Gasteiger partial charge in [0.25, 0.3) is 0 Å². The molecule has 9 heteroatoms. The van der Waals surface area contributed by atoms with Gasteiger partial charge in [-0.2, -0.15) is 9.78 Å². The highest BCUT2D eigenvalue weighted by molar-refractivity contribution is 6.29. The molecule has 0 spiro atoms. The minimum atomic E-state index is -0.404. The van der Waals surface area contributed by atoms with E-state index in [9.17, 15) is 9.59 Å². The van der Waals surface area contributed by atoms with Crippen LogP contribution >= 0.6 is 11.6 Å². The molecule has 0 bridgehead atoms. The van der Waals surface area contributed by atoms with E-state index in [0.29, 0.717) is 17.2 Å². The lowest BCUT2D eigenvalue weighted by molar-refractivity contribution is -0.116. The first kappa shape index (κ1) is 18.1. The monoisotopic (exact) mass is 397 g/mol. The van der Waals surface area contributed by atoms with Gasteiger partial charge in [-0.15, -0.1) is 10.2 Å². The summed E-state index contributed by atoms with van der Waals surface area (Å²) in [6.45, 7) is 1.88. The standard InChI is InChI=1S/C19H16ClN5O3/c1-10-17-13(11-3-5-12(6-4-11)19(27)28-2)9-16(26)21-18(17)25(24-10)15-8-7-14(20)22-23-15/h3-8,13H,9H2,1-2H3,(H,21,26)/t13-/m1/s1. The summed E-state index contributed by atoms with van der Waals surface area (Å²) < 4.78 is 6.29. The van der Waals surface area contributed by atoms with Crippen LogP contribution in [0.25, 0.3) is 5.82 Å². The maximum absolute atomic E-state index is 12.4. The van der Waals surface area contributed by atoms with Gasteiger partial charge in [0.15, 0.2) is 11.0 Å². The Morgan fingerprint density at radius 1 is 1.21 bits per heavy atom. The van der Waals surface area contributed by atoms with Gasteiger partial charge >= 0.3 is 5.97 Å². The van der Waals surface area contributed by atoms with Crippen LogP contribution in [0.2, 0.25) is 5.15 Å². The summed E-state index contributed by atoms with van der Waals surface area (Å²) in [5, 5.41) is 15.6. The van der Waals surface area contributed by atoms with Crippen molar-refractivity contribution in [2.24, 2.45) is 0 Å². The Morgan fingerprint density at radius 3 is 2.61 bits per heavy atom. The molecule has 3 aromatic rings. The highest BCUT2D eigenvalue weighted by Crippen LogP contribution is 2.40. The normalized spacial score (nSPS) is 15.7. The van der Waals surface area contributed by atoms with Crippen LogP contribution < -0.4 is 5.32 Å².